The molecule has 0 bridgehead atoms. The number of fused-ring (bicyclic) bond motifs is 1. The topological polar surface area (TPSA) is 40.6 Å². The van der Waals surface area contributed by atoms with Gasteiger partial charge in [0, 0.05) is 38.2 Å². The largest absolute Gasteiger partial charge is 0.370 e. The standard InChI is InChI=1S/C16H20N2O2/c1-12-4-5-14-13(11-12)3-2-8-17(14)9-10-18-15(19)6-7-16(18)20/h4-5,11H,2-3,6-10H2,1H3. The molecule has 2 aliphatic heterocycles. The zero-order valence-corrected chi connectivity index (χ0v) is 11.9. The molecule has 0 N–H and O–H groups in total. The summed E-state index contributed by atoms with van der Waals surface area (Å²) in [6.45, 7) is 4.38. The van der Waals surface area contributed by atoms with Crippen LogP contribution in [-0.2, 0) is 16.0 Å². The summed E-state index contributed by atoms with van der Waals surface area (Å²) < 4.78 is 0. The van der Waals surface area contributed by atoms with E-state index < -0.39 is 0 Å². The third-order valence-corrected chi connectivity index (χ3v) is 4.20. The summed E-state index contributed by atoms with van der Waals surface area (Å²) in [5, 5.41) is 0. The van der Waals surface area contributed by atoms with Crippen LogP contribution in [0.5, 0.6) is 0 Å². The maximum Gasteiger partial charge on any atom is 0.229 e. The van der Waals surface area contributed by atoms with Crippen molar-refractivity contribution in [2.75, 3.05) is 24.5 Å². The van der Waals surface area contributed by atoms with Crippen molar-refractivity contribution in [2.24, 2.45) is 0 Å². The van der Waals surface area contributed by atoms with Gasteiger partial charge in [-0.2, -0.15) is 0 Å². The molecule has 1 aromatic carbocycles. The van der Waals surface area contributed by atoms with Gasteiger partial charge in [0.25, 0.3) is 0 Å². The van der Waals surface area contributed by atoms with E-state index in [1.807, 2.05) is 0 Å². The first-order valence-electron chi connectivity index (χ1n) is 7.33. The first-order chi connectivity index (χ1) is 9.65. The lowest BCUT2D eigenvalue weighted by molar-refractivity contribution is -0.138. The number of anilines is 1. The minimum Gasteiger partial charge on any atom is -0.370 e. The van der Waals surface area contributed by atoms with Gasteiger partial charge in [-0.15, -0.1) is 0 Å². The van der Waals surface area contributed by atoms with Gasteiger partial charge < -0.3 is 4.90 Å². The Balaban J connectivity index is 1.70. The molecule has 0 aromatic heterocycles. The Labute approximate surface area is 119 Å². The van der Waals surface area contributed by atoms with E-state index in [4.69, 9.17) is 0 Å². The number of amides is 2. The van der Waals surface area contributed by atoms with Crippen LogP contribution in [0.4, 0.5) is 5.69 Å². The molecule has 106 valence electrons. The number of nitrogens with zero attached hydrogens (tertiary/aromatic N) is 2. The van der Waals surface area contributed by atoms with E-state index in [2.05, 4.69) is 30.0 Å². The highest BCUT2D eigenvalue weighted by Gasteiger charge is 2.29. The van der Waals surface area contributed by atoms with Gasteiger partial charge >= 0.3 is 0 Å². The summed E-state index contributed by atoms with van der Waals surface area (Å²) in [6.07, 6.45) is 3.02. The number of rotatable bonds is 3. The SMILES string of the molecule is Cc1ccc2c(c1)CCCN2CCN1C(=O)CCC1=O. The minimum absolute atomic E-state index is 0.0175. The van der Waals surface area contributed by atoms with Crippen LogP contribution >= 0.6 is 0 Å². The Hall–Kier alpha value is -1.84. The van der Waals surface area contributed by atoms with E-state index in [0.717, 1.165) is 25.9 Å². The van der Waals surface area contributed by atoms with Gasteiger partial charge in [-0.1, -0.05) is 17.7 Å². The average Bonchev–Trinajstić information content (AvgIpc) is 2.75. The second kappa shape index (κ2) is 5.27. The van der Waals surface area contributed by atoms with Crippen molar-refractivity contribution < 1.29 is 9.59 Å². The molecule has 1 fully saturated rings. The fourth-order valence-corrected chi connectivity index (χ4v) is 3.13. The highest BCUT2D eigenvalue weighted by molar-refractivity contribution is 6.01. The number of carbonyl (C=O) groups excluding carboxylic acids is 2. The maximum atomic E-state index is 11.6. The molecule has 2 heterocycles. The van der Waals surface area contributed by atoms with E-state index in [0.29, 0.717) is 19.4 Å². The van der Waals surface area contributed by atoms with Crippen LogP contribution in [0.3, 0.4) is 0 Å². The maximum absolute atomic E-state index is 11.6. The normalized spacial score (nSPS) is 18.6. The molecule has 0 spiro atoms. The Morgan fingerprint density at radius 3 is 2.55 bits per heavy atom. The number of benzene rings is 1. The molecule has 0 aliphatic carbocycles. The van der Waals surface area contributed by atoms with Gasteiger partial charge in [0.15, 0.2) is 0 Å². The Kier molecular flexibility index (Phi) is 3.47. The summed E-state index contributed by atoms with van der Waals surface area (Å²) >= 11 is 0. The number of likely N-dealkylation sites (tertiary alicyclic amines) is 1. The van der Waals surface area contributed by atoms with Crippen LogP contribution < -0.4 is 4.90 Å². The lowest BCUT2D eigenvalue weighted by Gasteiger charge is -2.32. The quantitative estimate of drug-likeness (QED) is 0.789. The van der Waals surface area contributed by atoms with Gasteiger partial charge in [0.1, 0.15) is 0 Å². The smallest absolute Gasteiger partial charge is 0.229 e. The minimum atomic E-state index is -0.0175. The number of hydrogen-bond donors (Lipinski definition) is 0. The van der Waals surface area contributed by atoms with Gasteiger partial charge in [-0.25, -0.2) is 0 Å². The molecule has 0 unspecified atom stereocenters. The van der Waals surface area contributed by atoms with Gasteiger partial charge in [0.2, 0.25) is 11.8 Å². The third kappa shape index (κ3) is 2.42. The predicted octanol–water partition coefficient (Wildman–Crippen LogP) is 1.90. The molecule has 3 rings (SSSR count). The van der Waals surface area contributed by atoms with Crippen molar-refractivity contribution >= 4 is 17.5 Å². The Morgan fingerprint density at radius 2 is 1.80 bits per heavy atom. The monoisotopic (exact) mass is 272 g/mol. The van der Waals surface area contributed by atoms with Gasteiger partial charge in [0.05, 0.1) is 0 Å². The second-order valence-electron chi connectivity index (χ2n) is 5.66. The van der Waals surface area contributed by atoms with Crippen molar-refractivity contribution in [1.82, 2.24) is 4.90 Å². The van der Waals surface area contributed by atoms with Crippen molar-refractivity contribution in [1.29, 1.82) is 0 Å². The van der Waals surface area contributed by atoms with Gasteiger partial charge in [-0.3, -0.25) is 14.5 Å². The number of hydrogen-bond acceptors (Lipinski definition) is 3. The lowest BCUT2D eigenvalue weighted by atomic mass is 9.99. The van der Waals surface area contributed by atoms with Crippen LogP contribution in [0.15, 0.2) is 18.2 Å². The summed E-state index contributed by atoms with van der Waals surface area (Å²) in [5.74, 6) is -0.0349. The zero-order valence-electron chi connectivity index (χ0n) is 11.9. The predicted molar refractivity (Wildman–Crippen MR) is 77.7 cm³/mol. The van der Waals surface area contributed by atoms with Crippen LogP contribution in [0.1, 0.15) is 30.4 Å². The van der Waals surface area contributed by atoms with Crippen molar-refractivity contribution in [3.63, 3.8) is 0 Å². The number of imide groups is 1. The lowest BCUT2D eigenvalue weighted by Crippen LogP contribution is -2.39. The molecule has 0 atom stereocenters. The fraction of sp³-hybridized carbons (Fsp3) is 0.500. The molecular weight excluding hydrogens is 252 g/mol. The van der Waals surface area contributed by atoms with Gasteiger partial charge in [-0.05, 0) is 31.4 Å². The van der Waals surface area contributed by atoms with Crippen molar-refractivity contribution in [3.05, 3.63) is 29.3 Å². The molecule has 4 nitrogen and oxygen atoms in total. The van der Waals surface area contributed by atoms with Crippen LogP contribution in [-0.4, -0.2) is 36.3 Å². The number of carbonyl (C=O) groups is 2. The number of aryl methyl sites for hydroxylation is 2. The third-order valence-electron chi connectivity index (χ3n) is 4.20. The summed E-state index contributed by atoms with van der Waals surface area (Å²) in [4.78, 5) is 27.0. The summed E-state index contributed by atoms with van der Waals surface area (Å²) in [7, 11) is 0. The van der Waals surface area contributed by atoms with E-state index in [1.165, 1.54) is 21.7 Å². The molecular formula is C16H20N2O2. The van der Waals surface area contributed by atoms with Crippen LogP contribution in [0.25, 0.3) is 0 Å². The average molecular weight is 272 g/mol. The molecule has 20 heavy (non-hydrogen) atoms. The first kappa shape index (κ1) is 13.2. The molecule has 0 saturated carbocycles. The molecule has 2 aliphatic rings. The fourth-order valence-electron chi connectivity index (χ4n) is 3.13. The van der Waals surface area contributed by atoms with E-state index in [9.17, 15) is 9.59 Å². The second-order valence-corrected chi connectivity index (χ2v) is 5.66. The highest BCUT2D eigenvalue weighted by atomic mass is 16.2. The molecule has 2 amide bonds. The van der Waals surface area contributed by atoms with Crippen LogP contribution in [0.2, 0.25) is 0 Å². The Morgan fingerprint density at radius 1 is 1.05 bits per heavy atom. The molecule has 1 aromatic rings. The first-order valence-corrected chi connectivity index (χ1v) is 7.33. The van der Waals surface area contributed by atoms with E-state index in [1.54, 1.807) is 0 Å². The van der Waals surface area contributed by atoms with E-state index >= 15 is 0 Å². The molecule has 0 radical (unpaired) electrons. The van der Waals surface area contributed by atoms with Crippen molar-refractivity contribution in [2.45, 2.75) is 32.6 Å². The zero-order chi connectivity index (χ0) is 14.1. The summed E-state index contributed by atoms with van der Waals surface area (Å²) in [6, 6.07) is 6.54. The van der Waals surface area contributed by atoms with Crippen LogP contribution in [0, 0.1) is 6.92 Å². The summed E-state index contributed by atoms with van der Waals surface area (Å²) in [5.41, 5.74) is 3.94. The highest BCUT2D eigenvalue weighted by Crippen LogP contribution is 2.27. The molecule has 4 heteroatoms. The van der Waals surface area contributed by atoms with E-state index in [-0.39, 0.29) is 11.8 Å². The van der Waals surface area contributed by atoms with Crippen molar-refractivity contribution in [3.8, 4) is 0 Å². The Bertz CT molecular complexity index is 537. The molecule has 1 saturated heterocycles.